The predicted molar refractivity (Wildman–Crippen MR) is 120 cm³/mol. The van der Waals surface area contributed by atoms with Gasteiger partial charge in [-0.2, -0.15) is 0 Å². The Balaban J connectivity index is 1.22. The Kier molecular flexibility index (Phi) is 5.25. The summed E-state index contributed by atoms with van der Waals surface area (Å²) in [4.78, 5) is 15.4. The molecule has 1 aromatic heterocycles. The number of hydrogen-bond donors (Lipinski definition) is 1. The molecule has 0 bridgehead atoms. The first-order valence-corrected chi connectivity index (χ1v) is 11.3. The second kappa shape index (κ2) is 8.05. The molecule has 30 heavy (non-hydrogen) atoms. The highest BCUT2D eigenvalue weighted by molar-refractivity contribution is 5.75. The number of aromatic nitrogens is 2. The molecular formula is C25H31N3O2. The largest absolute Gasteiger partial charge is 0.395 e. The highest BCUT2D eigenvalue weighted by atomic mass is 16.3. The number of aliphatic hydroxyl groups is 1. The summed E-state index contributed by atoms with van der Waals surface area (Å²) in [6.45, 7) is 4.38. The molecule has 1 aliphatic heterocycles. The van der Waals surface area contributed by atoms with Crippen molar-refractivity contribution in [2.24, 2.45) is 0 Å². The summed E-state index contributed by atoms with van der Waals surface area (Å²) in [6, 6.07) is 16.9. The fourth-order valence-corrected chi connectivity index (χ4v) is 5.75. The number of imidazole rings is 1. The fourth-order valence-electron chi connectivity index (χ4n) is 5.75. The number of benzene rings is 2. The van der Waals surface area contributed by atoms with E-state index in [9.17, 15) is 9.90 Å². The Bertz CT molecular complexity index is 1090. The number of piperidine rings is 1. The van der Waals surface area contributed by atoms with Crippen LogP contribution in [0.25, 0.3) is 11.0 Å². The number of fused-ring (bicyclic) bond motifs is 3. The van der Waals surface area contributed by atoms with Crippen molar-refractivity contribution in [2.45, 2.75) is 50.6 Å². The molecule has 5 rings (SSSR count). The molecule has 2 heterocycles. The van der Waals surface area contributed by atoms with E-state index in [2.05, 4.69) is 29.2 Å². The van der Waals surface area contributed by atoms with E-state index < -0.39 is 0 Å². The molecule has 0 saturated carbocycles. The number of rotatable bonds is 6. The van der Waals surface area contributed by atoms with E-state index in [0.29, 0.717) is 12.0 Å². The SMILES string of the molecule is O=c1n(CCO)c2ccccc2n1CCCN1CCC2(CCc3ccccc32)CC1. The number of aliphatic hydroxyl groups excluding tert-OH is 1. The summed E-state index contributed by atoms with van der Waals surface area (Å²) < 4.78 is 3.57. The average molecular weight is 406 g/mol. The van der Waals surface area contributed by atoms with Gasteiger partial charge in [0.25, 0.3) is 0 Å². The molecule has 5 nitrogen and oxygen atoms in total. The van der Waals surface area contributed by atoms with Crippen LogP contribution < -0.4 is 5.69 Å². The highest BCUT2D eigenvalue weighted by Gasteiger charge is 2.40. The van der Waals surface area contributed by atoms with Crippen LogP contribution in [0.15, 0.2) is 53.3 Å². The summed E-state index contributed by atoms with van der Waals surface area (Å²) in [7, 11) is 0. The maximum Gasteiger partial charge on any atom is 0.329 e. The molecule has 2 aromatic carbocycles. The molecule has 0 radical (unpaired) electrons. The molecule has 1 N–H and O–H groups in total. The van der Waals surface area contributed by atoms with E-state index in [1.165, 1.54) is 25.7 Å². The van der Waals surface area contributed by atoms with Gasteiger partial charge in [0.1, 0.15) is 0 Å². The van der Waals surface area contributed by atoms with Gasteiger partial charge in [-0.1, -0.05) is 36.4 Å². The molecule has 0 unspecified atom stereocenters. The van der Waals surface area contributed by atoms with Crippen LogP contribution in [0, 0.1) is 0 Å². The minimum Gasteiger partial charge on any atom is -0.395 e. The first-order valence-electron chi connectivity index (χ1n) is 11.3. The van der Waals surface area contributed by atoms with Crippen molar-refractivity contribution in [1.29, 1.82) is 0 Å². The summed E-state index contributed by atoms with van der Waals surface area (Å²) in [5.41, 5.74) is 5.44. The van der Waals surface area contributed by atoms with Gasteiger partial charge in [-0.25, -0.2) is 4.79 Å². The van der Waals surface area contributed by atoms with Crippen LogP contribution in [0.1, 0.15) is 36.8 Å². The summed E-state index contributed by atoms with van der Waals surface area (Å²) in [5.74, 6) is 0. The van der Waals surface area contributed by atoms with Crippen LogP contribution in [-0.4, -0.2) is 45.4 Å². The third-order valence-corrected chi connectivity index (χ3v) is 7.38. The summed E-state index contributed by atoms with van der Waals surface area (Å²) in [6.07, 6.45) is 6.01. The van der Waals surface area contributed by atoms with Crippen LogP contribution in [0.3, 0.4) is 0 Å². The van der Waals surface area contributed by atoms with Gasteiger partial charge in [-0.15, -0.1) is 0 Å². The van der Waals surface area contributed by atoms with Crippen LogP contribution in [0.4, 0.5) is 0 Å². The van der Waals surface area contributed by atoms with Gasteiger partial charge in [0.15, 0.2) is 0 Å². The maximum atomic E-state index is 12.8. The van der Waals surface area contributed by atoms with Crippen molar-refractivity contribution < 1.29 is 5.11 Å². The Morgan fingerprint density at radius 1 is 0.833 bits per heavy atom. The zero-order valence-corrected chi connectivity index (χ0v) is 17.6. The number of nitrogens with zero attached hydrogens (tertiary/aromatic N) is 3. The van der Waals surface area contributed by atoms with E-state index in [1.807, 2.05) is 28.8 Å². The van der Waals surface area contributed by atoms with Crippen molar-refractivity contribution in [1.82, 2.24) is 14.0 Å². The van der Waals surface area contributed by atoms with Crippen LogP contribution in [0.5, 0.6) is 0 Å². The van der Waals surface area contributed by atoms with Gasteiger partial charge in [-0.3, -0.25) is 9.13 Å². The van der Waals surface area contributed by atoms with E-state index in [1.54, 1.807) is 15.7 Å². The molecule has 2 aliphatic rings. The van der Waals surface area contributed by atoms with Crippen LogP contribution >= 0.6 is 0 Å². The molecular weight excluding hydrogens is 374 g/mol. The number of likely N-dealkylation sites (tertiary alicyclic amines) is 1. The fraction of sp³-hybridized carbons (Fsp3) is 0.480. The lowest BCUT2D eigenvalue weighted by molar-refractivity contribution is 0.155. The quantitative estimate of drug-likeness (QED) is 0.685. The lowest BCUT2D eigenvalue weighted by Crippen LogP contribution is -2.42. The normalized spacial score (nSPS) is 18.3. The van der Waals surface area contributed by atoms with Crippen molar-refractivity contribution >= 4 is 11.0 Å². The highest BCUT2D eigenvalue weighted by Crippen LogP contribution is 2.46. The Hall–Kier alpha value is -2.37. The molecule has 1 spiro atoms. The van der Waals surface area contributed by atoms with Crippen LogP contribution in [-0.2, 0) is 24.9 Å². The second-order valence-electron chi connectivity index (χ2n) is 8.93. The molecule has 0 atom stereocenters. The third kappa shape index (κ3) is 3.30. The lowest BCUT2D eigenvalue weighted by Gasteiger charge is -2.40. The monoisotopic (exact) mass is 405 g/mol. The smallest absolute Gasteiger partial charge is 0.329 e. The van der Waals surface area contributed by atoms with E-state index in [0.717, 1.165) is 43.6 Å². The van der Waals surface area contributed by atoms with Gasteiger partial charge in [0, 0.05) is 6.54 Å². The third-order valence-electron chi connectivity index (χ3n) is 7.38. The van der Waals surface area contributed by atoms with E-state index >= 15 is 0 Å². The molecule has 3 aromatic rings. The minimum absolute atomic E-state index is 0.00888. The standard InChI is InChI=1S/C25H31N3O2/c29-19-18-28-23-9-4-3-8-22(23)27(24(28)30)15-5-14-26-16-12-25(13-17-26)11-10-20-6-1-2-7-21(20)25/h1-4,6-9,29H,5,10-19H2. The zero-order chi connectivity index (χ0) is 20.6. The molecule has 0 amide bonds. The number of aryl methyl sites for hydroxylation is 2. The maximum absolute atomic E-state index is 12.8. The van der Waals surface area contributed by atoms with Crippen molar-refractivity contribution in [3.63, 3.8) is 0 Å². The van der Waals surface area contributed by atoms with Gasteiger partial charge in [0.2, 0.25) is 0 Å². The number of para-hydroxylation sites is 2. The first-order chi connectivity index (χ1) is 14.7. The lowest BCUT2D eigenvalue weighted by atomic mass is 9.74. The average Bonchev–Trinajstić information content (AvgIpc) is 3.27. The van der Waals surface area contributed by atoms with Crippen molar-refractivity contribution in [3.8, 4) is 0 Å². The molecule has 1 saturated heterocycles. The van der Waals surface area contributed by atoms with Crippen molar-refractivity contribution in [2.75, 3.05) is 26.2 Å². The Labute approximate surface area is 177 Å². The van der Waals surface area contributed by atoms with E-state index in [4.69, 9.17) is 0 Å². The molecule has 1 fully saturated rings. The van der Waals surface area contributed by atoms with E-state index in [-0.39, 0.29) is 12.3 Å². The van der Waals surface area contributed by atoms with Gasteiger partial charge in [-0.05, 0) is 80.4 Å². The van der Waals surface area contributed by atoms with Crippen LogP contribution in [0.2, 0.25) is 0 Å². The summed E-state index contributed by atoms with van der Waals surface area (Å²) >= 11 is 0. The van der Waals surface area contributed by atoms with Gasteiger partial charge < -0.3 is 10.0 Å². The first kappa shape index (κ1) is 19.6. The summed E-state index contributed by atoms with van der Waals surface area (Å²) in [5, 5.41) is 9.33. The topological polar surface area (TPSA) is 50.4 Å². The Morgan fingerprint density at radius 2 is 1.50 bits per heavy atom. The predicted octanol–water partition coefficient (Wildman–Crippen LogP) is 3.17. The zero-order valence-electron chi connectivity index (χ0n) is 17.6. The van der Waals surface area contributed by atoms with Gasteiger partial charge in [0.05, 0.1) is 24.2 Å². The van der Waals surface area contributed by atoms with Crippen molar-refractivity contribution in [3.05, 3.63) is 70.1 Å². The van der Waals surface area contributed by atoms with Gasteiger partial charge >= 0.3 is 5.69 Å². The number of hydrogen-bond acceptors (Lipinski definition) is 3. The molecule has 5 heteroatoms. The second-order valence-corrected chi connectivity index (χ2v) is 8.93. The molecule has 1 aliphatic carbocycles. The minimum atomic E-state index is -0.0213. The Morgan fingerprint density at radius 3 is 2.23 bits per heavy atom. The molecule has 158 valence electrons.